The third-order valence-corrected chi connectivity index (χ3v) is 5.33. The third kappa shape index (κ3) is 3.39. The highest BCUT2D eigenvalue weighted by Gasteiger charge is 2.50. The lowest BCUT2D eigenvalue weighted by Gasteiger charge is -2.27. The van der Waals surface area contributed by atoms with E-state index in [1.54, 1.807) is 12.1 Å². The van der Waals surface area contributed by atoms with Gasteiger partial charge in [0.05, 0.1) is 7.11 Å². The van der Waals surface area contributed by atoms with Gasteiger partial charge in [-0.15, -0.1) is 0 Å². The highest BCUT2D eigenvalue weighted by molar-refractivity contribution is 6.09. The van der Waals surface area contributed by atoms with Gasteiger partial charge in [0.1, 0.15) is 11.4 Å². The first-order valence-electron chi connectivity index (χ1n) is 9.50. The van der Waals surface area contributed by atoms with Crippen molar-refractivity contribution in [2.24, 2.45) is 10.7 Å². The number of methoxy groups -OCH3 is 1. The van der Waals surface area contributed by atoms with Gasteiger partial charge in [0.25, 0.3) is 12.3 Å². The van der Waals surface area contributed by atoms with E-state index in [9.17, 15) is 13.6 Å². The van der Waals surface area contributed by atoms with Gasteiger partial charge in [0, 0.05) is 13.2 Å². The zero-order valence-electron chi connectivity index (χ0n) is 16.9. The average Bonchev–Trinajstić information content (AvgIpc) is 3.04. The van der Waals surface area contributed by atoms with E-state index in [1.807, 2.05) is 36.4 Å². The summed E-state index contributed by atoms with van der Waals surface area (Å²) in [7, 11) is 3.01. The van der Waals surface area contributed by atoms with Crippen molar-refractivity contribution in [3.05, 3.63) is 83.7 Å². The van der Waals surface area contributed by atoms with Gasteiger partial charge in [-0.1, -0.05) is 30.3 Å². The van der Waals surface area contributed by atoms with E-state index >= 15 is 0 Å². The number of carbonyl (C=O) groups excluding carboxylic acids is 1. The van der Waals surface area contributed by atoms with Crippen molar-refractivity contribution in [3.8, 4) is 16.9 Å². The van der Waals surface area contributed by atoms with Crippen LogP contribution in [0.15, 0.2) is 71.9 Å². The lowest BCUT2D eigenvalue weighted by atomic mass is 9.81. The van der Waals surface area contributed by atoms with Gasteiger partial charge in [-0.05, 0) is 52.6 Å². The van der Waals surface area contributed by atoms with Crippen LogP contribution in [0, 0.1) is 0 Å². The number of hydrogen-bond acceptors (Lipinski definition) is 5. The highest BCUT2D eigenvalue weighted by Crippen LogP contribution is 2.42. The van der Waals surface area contributed by atoms with Crippen molar-refractivity contribution in [1.82, 2.24) is 9.88 Å². The van der Waals surface area contributed by atoms with Crippen LogP contribution in [-0.4, -0.2) is 35.9 Å². The lowest BCUT2D eigenvalue weighted by molar-refractivity contribution is -0.129. The Labute approximate surface area is 178 Å². The standard InChI is InChI=1S/C23H20F2N4O2/c1-29-21(30)23(28-22(29)26,16-8-9-27-19(13-16)20(24)25)17-10-15(11-18(12-17)31-2)14-6-4-3-5-7-14/h3-13,20H,1-2H3,(H2,26,28). The molecular weight excluding hydrogens is 402 g/mol. The molecule has 158 valence electrons. The highest BCUT2D eigenvalue weighted by atomic mass is 19.3. The number of benzene rings is 2. The summed E-state index contributed by atoms with van der Waals surface area (Å²) < 4.78 is 32.2. The monoisotopic (exact) mass is 422 g/mol. The van der Waals surface area contributed by atoms with E-state index in [1.165, 1.54) is 37.4 Å². The van der Waals surface area contributed by atoms with Crippen LogP contribution < -0.4 is 10.5 Å². The smallest absolute Gasteiger partial charge is 0.280 e. The van der Waals surface area contributed by atoms with Crippen LogP contribution in [0.2, 0.25) is 0 Å². The Hall–Kier alpha value is -3.81. The summed E-state index contributed by atoms with van der Waals surface area (Å²) in [6.45, 7) is 0. The second-order valence-corrected chi connectivity index (χ2v) is 7.13. The van der Waals surface area contributed by atoms with Crippen molar-refractivity contribution < 1.29 is 18.3 Å². The molecule has 8 heteroatoms. The molecule has 0 saturated heterocycles. The molecule has 1 atom stereocenters. The number of aromatic nitrogens is 1. The van der Waals surface area contributed by atoms with Crippen molar-refractivity contribution in [2.75, 3.05) is 14.2 Å². The summed E-state index contributed by atoms with van der Waals surface area (Å²) in [5.74, 6) is 0.0307. The number of ether oxygens (including phenoxy) is 1. The second kappa shape index (κ2) is 7.79. The topological polar surface area (TPSA) is 80.8 Å². The van der Waals surface area contributed by atoms with Crippen molar-refractivity contribution in [1.29, 1.82) is 0 Å². The van der Waals surface area contributed by atoms with E-state index in [0.717, 1.165) is 11.1 Å². The molecule has 2 aromatic carbocycles. The van der Waals surface area contributed by atoms with Crippen LogP contribution in [-0.2, 0) is 10.3 Å². The molecule has 0 saturated carbocycles. The normalized spacial score (nSPS) is 18.4. The van der Waals surface area contributed by atoms with Gasteiger partial charge in [0.2, 0.25) is 0 Å². The summed E-state index contributed by atoms with van der Waals surface area (Å²) in [6, 6.07) is 17.5. The maximum Gasteiger partial charge on any atom is 0.280 e. The van der Waals surface area contributed by atoms with Crippen molar-refractivity contribution >= 4 is 11.9 Å². The maximum atomic E-state index is 13.4. The minimum Gasteiger partial charge on any atom is -0.497 e. The molecule has 2 heterocycles. The number of nitrogens with two attached hydrogens (primary N) is 1. The summed E-state index contributed by atoms with van der Waals surface area (Å²) >= 11 is 0. The molecule has 4 rings (SSSR count). The average molecular weight is 422 g/mol. The van der Waals surface area contributed by atoms with E-state index in [2.05, 4.69) is 9.98 Å². The molecule has 0 spiro atoms. The molecule has 0 bridgehead atoms. The van der Waals surface area contributed by atoms with E-state index in [0.29, 0.717) is 11.3 Å². The minimum absolute atomic E-state index is 0.00973. The lowest BCUT2D eigenvalue weighted by Crippen LogP contribution is -2.41. The molecule has 31 heavy (non-hydrogen) atoms. The molecule has 1 aromatic heterocycles. The molecule has 3 aromatic rings. The van der Waals surface area contributed by atoms with Crippen LogP contribution in [0.1, 0.15) is 23.2 Å². The summed E-state index contributed by atoms with van der Waals surface area (Å²) in [6.07, 6.45) is -1.55. The Balaban J connectivity index is 2.00. The van der Waals surface area contributed by atoms with Crippen LogP contribution in [0.25, 0.3) is 11.1 Å². The number of halogens is 2. The van der Waals surface area contributed by atoms with Crippen LogP contribution in [0.5, 0.6) is 5.75 Å². The van der Waals surface area contributed by atoms with Crippen LogP contribution in [0.4, 0.5) is 8.78 Å². The third-order valence-electron chi connectivity index (χ3n) is 5.33. The van der Waals surface area contributed by atoms with Gasteiger partial charge in [-0.3, -0.25) is 14.7 Å². The molecule has 0 fully saturated rings. The Morgan fingerprint density at radius 2 is 1.77 bits per heavy atom. The first kappa shape index (κ1) is 20.5. The first-order valence-corrected chi connectivity index (χ1v) is 9.50. The first-order chi connectivity index (χ1) is 14.9. The number of nitrogens with zero attached hydrogens (tertiary/aromatic N) is 3. The molecule has 1 aliphatic rings. The summed E-state index contributed by atoms with van der Waals surface area (Å²) in [5.41, 5.74) is 6.31. The fourth-order valence-electron chi connectivity index (χ4n) is 3.70. The number of carbonyl (C=O) groups is 1. The fourth-order valence-corrected chi connectivity index (χ4v) is 3.70. The molecule has 0 aliphatic carbocycles. The zero-order chi connectivity index (χ0) is 22.2. The molecule has 6 nitrogen and oxygen atoms in total. The van der Waals surface area contributed by atoms with Gasteiger partial charge in [0.15, 0.2) is 11.5 Å². The predicted molar refractivity (Wildman–Crippen MR) is 113 cm³/mol. The predicted octanol–water partition coefficient (Wildman–Crippen LogP) is 3.73. The number of likely N-dealkylation sites (N-methyl/N-ethyl adjacent to an activating group) is 1. The number of pyridine rings is 1. The van der Waals surface area contributed by atoms with Crippen molar-refractivity contribution in [2.45, 2.75) is 12.0 Å². The number of rotatable bonds is 5. The SMILES string of the molecule is COc1cc(-c2ccccc2)cc(C2(c3ccnc(C(F)F)c3)N=C(N)N(C)C2=O)c1. The van der Waals surface area contributed by atoms with E-state index < -0.39 is 23.6 Å². The number of alkyl halides is 2. The molecule has 0 radical (unpaired) electrons. The van der Waals surface area contributed by atoms with Crippen LogP contribution in [0.3, 0.4) is 0 Å². The van der Waals surface area contributed by atoms with Crippen LogP contribution >= 0.6 is 0 Å². The van der Waals surface area contributed by atoms with Gasteiger partial charge < -0.3 is 10.5 Å². The number of aliphatic imine (C=N–C) groups is 1. The molecule has 1 amide bonds. The summed E-state index contributed by atoms with van der Waals surface area (Å²) in [5, 5.41) is 0. The Kier molecular flexibility index (Phi) is 5.14. The number of hydrogen-bond donors (Lipinski definition) is 1. The molecule has 1 aliphatic heterocycles. The maximum absolute atomic E-state index is 13.4. The Bertz CT molecular complexity index is 1170. The Morgan fingerprint density at radius 1 is 1.03 bits per heavy atom. The second-order valence-electron chi connectivity index (χ2n) is 7.13. The molecule has 2 N–H and O–H groups in total. The van der Waals surface area contributed by atoms with Gasteiger partial charge >= 0.3 is 0 Å². The quantitative estimate of drug-likeness (QED) is 0.680. The van der Waals surface area contributed by atoms with Crippen molar-refractivity contribution in [3.63, 3.8) is 0 Å². The Morgan fingerprint density at radius 3 is 2.39 bits per heavy atom. The fraction of sp³-hybridized carbons (Fsp3) is 0.174. The molecular formula is C23H20F2N4O2. The van der Waals surface area contributed by atoms with Gasteiger partial charge in [-0.25, -0.2) is 13.8 Å². The minimum atomic E-state index is -2.79. The van der Waals surface area contributed by atoms with E-state index in [-0.39, 0.29) is 11.5 Å². The number of guanidine groups is 1. The largest absolute Gasteiger partial charge is 0.497 e. The molecule has 1 unspecified atom stereocenters. The zero-order valence-corrected chi connectivity index (χ0v) is 16.9. The van der Waals surface area contributed by atoms with E-state index in [4.69, 9.17) is 10.5 Å². The summed E-state index contributed by atoms with van der Waals surface area (Å²) in [4.78, 5) is 22.9. The van der Waals surface area contributed by atoms with Gasteiger partial charge in [-0.2, -0.15) is 0 Å². The number of amides is 1.